The summed E-state index contributed by atoms with van der Waals surface area (Å²) in [7, 11) is 0. The number of carbonyl (C=O) groups excluding carboxylic acids is 1. The van der Waals surface area contributed by atoms with Crippen LogP contribution >= 0.6 is 11.6 Å². The van der Waals surface area contributed by atoms with E-state index in [0.29, 0.717) is 18.8 Å². The summed E-state index contributed by atoms with van der Waals surface area (Å²) in [6.45, 7) is 1.85. The average Bonchev–Trinajstić information content (AvgIpc) is 2.50. The molecule has 0 bridgehead atoms. The predicted octanol–water partition coefficient (Wildman–Crippen LogP) is 2.35. The second kappa shape index (κ2) is 7.16. The number of benzene rings is 1. The SMILES string of the molecule is O=C(NC(C1CCNCC1)C1CC(O)C1)c1c(F)cccc1Cl. The van der Waals surface area contributed by atoms with E-state index in [1.165, 1.54) is 18.2 Å². The molecule has 1 aliphatic heterocycles. The minimum Gasteiger partial charge on any atom is -0.393 e. The number of nitrogens with one attached hydrogen (secondary N) is 2. The first-order chi connectivity index (χ1) is 11.1. The summed E-state index contributed by atoms with van der Waals surface area (Å²) >= 11 is 5.99. The second-order valence-corrected chi connectivity index (χ2v) is 6.98. The molecule has 6 heteroatoms. The first-order valence-electron chi connectivity index (χ1n) is 8.20. The van der Waals surface area contributed by atoms with E-state index in [0.717, 1.165) is 25.9 Å². The van der Waals surface area contributed by atoms with Crippen molar-refractivity contribution < 1.29 is 14.3 Å². The molecule has 1 aromatic carbocycles. The maximum atomic E-state index is 14.0. The number of hydrogen-bond donors (Lipinski definition) is 3. The molecule has 0 aromatic heterocycles. The van der Waals surface area contributed by atoms with Crippen LogP contribution in [0.2, 0.25) is 5.02 Å². The van der Waals surface area contributed by atoms with Gasteiger partial charge in [-0.1, -0.05) is 17.7 Å². The van der Waals surface area contributed by atoms with Crippen molar-refractivity contribution in [1.82, 2.24) is 10.6 Å². The molecule has 1 heterocycles. The van der Waals surface area contributed by atoms with Gasteiger partial charge in [0.05, 0.1) is 16.7 Å². The van der Waals surface area contributed by atoms with Gasteiger partial charge in [0.25, 0.3) is 5.91 Å². The van der Waals surface area contributed by atoms with Crippen LogP contribution in [0.4, 0.5) is 4.39 Å². The van der Waals surface area contributed by atoms with Gasteiger partial charge in [0, 0.05) is 6.04 Å². The number of piperidine rings is 1. The number of aliphatic hydroxyl groups excluding tert-OH is 1. The van der Waals surface area contributed by atoms with Gasteiger partial charge >= 0.3 is 0 Å². The number of carbonyl (C=O) groups is 1. The van der Waals surface area contributed by atoms with Crippen molar-refractivity contribution in [3.8, 4) is 0 Å². The third kappa shape index (κ3) is 3.67. The Morgan fingerprint density at radius 3 is 2.61 bits per heavy atom. The van der Waals surface area contributed by atoms with Gasteiger partial charge in [0.2, 0.25) is 0 Å². The molecule has 4 nitrogen and oxygen atoms in total. The molecule has 3 N–H and O–H groups in total. The van der Waals surface area contributed by atoms with E-state index in [9.17, 15) is 14.3 Å². The molecule has 126 valence electrons. The fourth-order valence-electron chi connectivity index (χ4n) is 3.69. The molecule has 2 aliphatic rings. The zero-order valence-corrected chi connectivity index (χ0v) is 13.7. The minimum absolute atomic E-state index is 0.0383. The lowest BCUT2D eigenvalue weighted by Crippen LogP contribution is -2.53. The van der Waals surface area contributed by atoms with Crippen LogP contribution in [0.15, 0.2) is 18.2 Å². The van der Waals surface area contributed by atoms with E-state index in [1.54, 1.807) is 0 Å². The average molecular weight is 341 g/mol. The highest BCUT2D eigenvalue weighted by atomic mass is 35.5. The Morgan fingerprint density at radius 2 is 2.00 bits per heavy atom. The Balaban J connectivity index is 1.76. The molecular formula is C17H22ClFN2O2. The third-order valence-electron chi connectivity index (χ3n) is 5.04. The summed E-state index contributed by atoms with van der Waals surface area (Å²) in [4.78, 5) is 12.6. The molecule has 1 saturated heterocycles. The molecule has 1 amide bonds. The van der Waals surface area contributed by atoms with Crippen molar-refractivity contribution in [3.05, 3.63) is 34.6 Å². The highest BCUT2D eigenvalue weighted by Crippen LogP contribution is 2.36. The van der Waals surface area contributed by atoms with E-state index < -0.39 is 11.7 Å². The zero-order valence-electron chi connectivity index (χ0n) is 12.9. The molecule has 1 aliphatic carbocycles. The van der Waals surface area contributed by atoms with Crippen molar-refractivity contribution in [2.75, 3.05) is 13.1 Å². The Morgan fingerprint density at radius 1 is 1.30 bits per heavy atom. The van der Waals surface area contributed by atoms with Gasteiger partial charge in [0.15, 0.2) is 0 Å². The van der Waals surface area contributed by atoms with Gasteiger partial charge in [-0.05, 0) is 62.7 Å². The highest BCUT2D eigenvalue weighted by Gasteiger charge is 2.39. The molecule has 1 saturated carbocycles. The molecule has 2 fully saturated rings. The summed E-state index contributed by atoms with van der Waals surface area (Å²) in [5, 5.41) is 16.0. The van der Waals surface area contributed by atoms with Gasteiger partial charge in [-0.3, -0.25) is 4.79 Å². The summed E-state index contributed by atoms with van der Waals surface area (Å²) in [6, 6.07) is 4.21. The van der Waals surface area contributed by atoms with E-state index in [4.69, 9.17) is 11.6 Å². The number of halogens is 2. The molecule has 1 aromatic rings. The van der Waals surface area contributed by atoms with Crippen molar-refractivity contribution in [2.45, 2.75) is 37.8 Å². The second-order valence-electron chi connectivity index (χ2n) is 6.57. The first kappa shape index (κ1) is 16.7. The van der Waals surface area contributed by atoms with Gasteiger partial charge < -0.3 is 15.7 Å². The van der Waals surface area contributed by atoms with Gasteiger partial charge in [-0.15, -0.1) is 0 Å². The molecule has 1 unspecified atom stereocenters. The molecule has 3 rings (SSSR count). The monoisotopic (exact) mass is 340 g/mol. The lowest BCUT2D eigenvalue weighted by atomic mass is 9.71. The smallest absolute Gasteiger partial charge is 0.256 e. The Kier molecular flexibility index (Phi) is 5.19. The van der Waals surface area contributed by atoms with E-state index >= 15 is 0 Å². The maximum Gasteiger partial charge on any atom is 0.256 e. The lowest BCUT2D eigenvalue weighted by Gasteiger charge is -2.43. The number of aliphatic hydroxyl groups is 1. The van der Waals surface area contributed by atoms with Crippen molar-refractivity contribution in [2.24, 2.45) is 11.8 Å². The standard InChI is InChI=1S/C17H22ClFN2O2/c18-13-2-1-3-14(19)15(13)17(23)21-16(11-8-12(22)9-11)10-4-6-20-7-5-10/h1-3,10-12,16,20,22H,4-9H2,(H,21,23). The molecule has 1 atom stereocenters. The van der Waals surface area contributed by atoms with Crippen molar-refractivity contribution in [3.63, 3.8) is 0 Å². The Hall–Kier alpha value is -1.17. The Bertz CT molecular complexity index is 551. The third-order valence-corrected chi connectivity index (χ3v) is 5.35. The molecule has 0 spiro atoms. The molecular weight excluding hydrogens is 319 g/mol. The summed E-state index contributed by atoms with van der Waals surface area (Å²) < 4.78 is 14.0. The largest absolute Gasteiger partial charge is 0.393 e. The van der Waals surface area contributed by atoms with Crippen LogP contribution in [0.25, 0.3) is 0 Å². The summed E-state index contributed by atoms with van der Waals surface area (Å²) in [5.74, 6) is -0.462. The van der Waals surface area contributed by atoms with Gasteiger partial charge in [0.1, 0.15) is 5.82 Å². The van der Waals surface area contributed by atoms with Gasteiger partial charge in [-0.25, -0.2) is 4.39 Å². The predicted molar refractivity (Wildman–Crippen MR) is 87.0 cm³/mol. The summed E-state index contributed by atoms with van der Waals surface area (Å²) in [6.07, 6.45) is 3.06. The minimum atomic E-state index is -0.604. The van der Waals surface area contributed by atoms with Crippen LogP contribution < -0.4 is 10.6 Å². The van der Waals surface area contributed by atoms with Crippen LogP contribution in [0.5, 0.6) is 0 Å². The number of hydrogen-bond acceptors (Lipinski definition) is 3. The fraction of sp³-hybridized carbons (Fsp3) is 0.588. The normalized spacial score (nSPS) is 26.4. The van der Waals surface area contributed by atoms with E-state index in [1.807, 2.05) is 0 Å². The first-order valence-corrected chi connectivity index (χ1v) is 8.57. The zero-order chi connectivity index (χ0) is 16.4. The van der Waals surface area contributed by atoms with E-state index in [2.05, 4.69) is 10.6 Å². The van der Waals surface area contributed by atoms with Crippen LogP contribution in [0.1, 0.15) is 36.0 Å². The molecule has 0 radical (unpaired) electrons. The topological polar surface area (TPSA) is 61.4 Å². The van der Waals surface area contributed by atoms with Gasteiger partial charge in [-0.2, -0.15) is 0 Å². The van der Waals surface area contributed by atoms with Crippen LogP contribution in [-0.2, 0) is 0 Å². The quantitative estimate of drug-likeness (QED) is 0.788. The van der Waals surface area contributed by atoms with Crippen LogP contribution in [0, 0.1) is 17.7 Å². The highest BCUT2D eigenvalue weighted by molar-refractivity contribution is 6.33. The van der Waals surface area contributed by atoms with Crippen molar-refractivity contribution >= 4 is 17.5 Å². The summed E-state index contributed by atoms with van der Waals surface area (Å²) in [5.41, 5.74) is -0.0898. The van der Waals surface area contributed by atoms with E-state index in [-0.39, 0.29) is 28.6 Å². The molecule has 23 heavy (non-hydrogen) atoms. The van der Waals surface area contributed by atoms with Crippen molar-refractivity contribution in [1.29, 1.82) is 0 Å². The maximum absolute atomic E-state index is 14.0. The number of rotatable bonds is 4. The van der Waals surface area contributed by atoms with Crippen LogP contribution in [-0.4, -0.2) is 36.2 Å². The number of amides is 1. The Labute approximate surface area is 140 Å². The lowest BCUT2D eigenvalue weighted by molar-refractivity contribution is 0.00914. The fourth-order valence-corrected chi connectivity index (χ4v) is 3.93. The van der Waals surface area contributed by atoms with Crippen LogP contribution in [0.3, 0.4) is 0 Å².